The zero-order valence-corrected chi connectivity index (χ0v) is 18.8. The molecule has 1 atom stereocenters. The predicted octanol–water partition coefficient (Wildman–Crippen LogP) is 4.92. The van der Waals surface area contributed by atoms with Crippen molar-refractivity contribution in [1.29, 1.82) is 0 Å². The van der Waals surface area contributed by atoms with Crippen molar-refractivity contribution in [3.8, 4) is 5.75 Å². The first kappa shape index (κ1) is 22.2. The van der Waals surface area contributed by atoms with Crippen LogP contribution in [0.4, 0.5) is 11.4 Å². The van der Waals surface area contributed by atoms with E-state index in [-0.39, 0.29) is 11.3 Å². The number of rotatable bonds is 8. The highest BCUT2D eigenvalue weighted by Gasteiger charge is 2.46. The Morgan fingerprint density at radius 2 is 1.82 bits per heavy atom. The molecule has 0 aliphatic carbocycles. The van der Waals surface area contributed by atoms with Crippen LogP contribution < -0.4 is 14.5 Å². The normalized spacial score (nSPS) is 15.8. The van der Waals surface area contributed by atoms with Crippen molar-refractivity contribution in [1.82, 2.24) is 0 Å². The Balaban J connectivity index is 1.86. The topological polar surface area (TPSA) is 83.2 Å². The molecule has 1 aromatic heterocycles. The number of Topliss-reactive ketones (excluding diaryl/α,β-unsaturated/α-hetero) is 1. The Hall–Kier alpha value is -4.00. The summed E-state index contributed by atoms with van der Waals surface area (Å²) in [5, 5.41) is 10.9. The maximum absolute atomic E-state index is 13.3. The van der Waals surface area contributed by atoms with Crippen molar-refractivity contribution in [2.45, 2.75) is 19.4 Å². The molecule has 170 valence electrons. The molecular weight excluding hydrogens is 420 g/mol. The number of nitrogens with zero attached hydrogens (tertiary/aromatic N) is 2. The number of ketones is 1. The van der Waals surface area contributed by atoms with Gasteiger partial charge in [-0.05, 0) is 48.4 Å². The van der Waals surface area contributed by atoms with E-state index in [1.54, 1.807) is 24.3 Å². The van der Waals surface area contributed by atoms with E-state index < -0.39 is 23.5 Å². The first-order valence-corrected chi connectivity index (χ1v) is 10.8. The summed E-state index contributed by atoms with van der Waals surface area (Å²) in [6, 6.07) is 16.9. The Bertz CT molecular complexity index is 1180. The number of amides is 1. The van der Waals surface area contributed by atoms with Crippen LogP contribution in [0.15, 0.2) is 82.7 Å². The predicted molar refractivity (Wildman–Crippen MR) is 126 cm³/mol. The van der Waals surface area contributed by atoms with Gasteiger partial charge in [0.25, 0.3) is 5.91 Å². The van der Waals surface area contributed by atoms with Crippen molar-refractivity contribution >= 4 is 23.1 Å². The third kappa shape index (κ3) is 4.09. The van der Waals surface area contributed by atoms with Crippen molar-refractivity contribution in [2.75, 3.05) is 30.5 Å². The number of aliphatic hydroxyl groups is 1. The molecule has 33 heavy (non-hydrogen) atoms. The van der Waals surface area contributed by atoms with Gasteiger partial charge in [-0.3, -0.25) is 14.5 Å². The van der Waals surface area contributed by atoms with Crippen LogP contribution in [-0.4, -0.2) is 37.5 Å². The summed E-state index contributed by atoms with van der Waals surface area (Å²) < 4.78 is 11.2. The third-order valence-electron chi connectivity index (χ3n) is 5.51. The molecule has 2 aromatic carbocycles. The molecule has 1 unspecified atom stereocenters. The average molecular weight is 447 g/mol. The van der Waals surface area contributed by atoms with Gasteiger partial charge in [-0.25, -0.2) is 0 Å². The monoisotopic (exact) mass is 446 g/mol. The number of benzene rings is 2. The van der Waals surface area contributed by atoms with Gasteiger partial charge in [0.1, 0.15) is 5.75 Å². The summed E-state index contributed by atoms with van der Waals surface area (Å²) >= 11 is 0. The largest absolute Gasteiger partial charge is 0.503 e. The molecule has 1 N–H and O–H groups in total. The molecule has 7 nitrogen and oxygen atoms in total. The van der Waals surface area contributed by atoms with Crippen LogP contribution in [0.2, 0.25) is 0 Å². The fraction of sp³-hybridized carbons (Fsp3) is 0.231. The van der Waals surface area contributed by atoms with E-state index in [1.807, 2.05) is 56.3 Å². The van der Waals surface area contributed by atoms with Gasteiger partial charge in [-0.1, -0.05) is 31.2 Å². The number of carbonyl (C=O) groups excluding carboxylic acids is 2. The number of hydrogen-bond donors (Lipinski definition) is 1. The van der Waals surface area contributed by atoms with Crippen LogP contribution in [0.25, 0.3) is 0 Å². The maximum Gasteiger partial charge on any atom is 0.294 e. The number of ether oxygens (including phenoxy) is 1. The van der Waals surface area contributed by atoms with Crippen molar-refractivity contribution in [2.24, 2.45) is 0 Å². The highest BCUT2D eigenvalue weighted by atomic mass is 16.5. The number of furan rings is 1. The van der Waals surface area contributed by atoms with E-state index >= 15 is 0 Å². The fourth-order valence-corrected chi connectivity index (χ4v) is 3.89. The Morgan fingerprint density at radius 1 is 1.09 bits per heavy atom. The molecule has 0 radical (unpaired) electrons. The van der Waals surface area contributed by atoms with E-state index in [0.717, 1.165) is 12.1 Å². The minimum atomic E-state index is -0.849. The summed E-state index contributed by atoms with van der Waals surface area (Å²) in [6.07, 6.45) is 2.18. The van der Waals surface area contributed by atoms with E-state index in [9.17, 15) is 14.7 Å². The minimum Gasteiger partial charge on any atom is -0.503 e. The summed E-state index contributed by atoms with van der Waals surface area (Å²) in [4.78, 5) is 30.0. The van der Waals surface area contributed by atoms with Crippen molar-refractivity contribution in [3.63, 3.8) is 0 Å². The molecule has 1 amide bonds. The van der Waals surface area contributed by atoms with Gasteiger partial charge >= 0.3 is 0 Å². The highest BCUT2D eigenvalue weighted by molar-refractivity contribution is 6.20. The highest BCUT2D eigenvalue weighted by Crippen LogP contribution is 2.45. The molecule has 0 bridgehead atoms. The number of hydrogen-bond acceptors (Lipinski definition) is 6. The second-order valence-corrected chi connectivity index (χ2v) is 7.95. The second-order valence-electron chi connectivity index (χ2n) is 7.95. The zero-order valence-electron chi connectivity index (χ0n) is 18.8. The first-order chi connectivity index (χ1) is 15.9. The molecule has 2 heterocycles. The second kappa shape index (κ2) is 9.24. The molecule has 7 heteroatoms. The Labute approximate surface area is 192 Å². The summed E-state index contributed by atoms with van der Waals surface area (Å²) in [7, 11) is 3.86. The van der Waals surface area contributed by atoms with Gasteiger partial charge in [-0.15, -0.1) is 0 Å². The lowest BCUT2D eigenvalue weighted by Crippen LogP contribution is -2.31. The molecule has 0 saturated carbocycles. The zero-order chi connectivity index (χ0) is 23.5. The van der Waals surface area contributed by atoms with Crippen LogP contribution in [0.1, 0.15) is 35.5 Å². The Morgan fingerprint density at radius 3 is 2.45 bits per heavy atom. The van der Waals surface area contributed by atoms with Gasteiger partial charge in [0.2, 0.25) is 5.78 Å². The van der Waals surface area contributed by atoms with Crippen LogP contribution >= 0.6 is 0 Å². The van der Waals surface area contributed by atoms with E-state index in [0.29, 0.717) is 23.6 Å². The van der Waals surface area contributed by atoms with E-state index in [4.69, 9.17) is 9.15 Å². The summed E-state index contributed by atoms with van der Waals surface area (Å²) in [6.45, 7) is 2.46. The van der Waals surface area contributed by atoms with Gasteiger partial charge in [-0.2, -0.15) is 0 Å². The lowest BCUT2D eigenvalue weighted by Gasteiger charge is -2.28. The fourth-order valence-electron chi connectivity index (χ4n) is 3.89. The molecule has 0 saturated heterocycles. The van der Waals surface area contributed by atoms with Gasteiger partial charge in [0, 0.05) is 19.8 Å². The lowest BCUT2D eigenvalue weighted by atomic mass is 9.94. The smallest absolute Gasteiger partial charge is 0.294 e. The minimum absolute atomic E-state index is 0.0298. The SMILES string of the molecule is CCCOc1ccccc1N1C(=O)C(O)=C(C(=O)c2ccco2)C1c1ccc(N(C)C)cc1. The average Bonchev–Trinajstić information content (AvgIpc) is 3.45. The molecule has 0 spiro atoms. The lowest BCUT2D eigenvalue weighted by molar-refractivity contribution is -0.117. The molecule has 4 rings (SSSR count). The van der Waals surface area contributed by atoms with E-state index in [2.05, 4.69) is 0 Å². The van der Waals surface area contributed by atoms with Crippen LogP contribution in [-0.2, 0) is 4.79 Å². The van der Waals surface area contributed by atoms with E-state index in [1.165, 1.54) is 17.2 Å². The van der Waals surface area contributed by atoms with Crippen LogP contribution in [0.3, 0.4) is 0 Å². The summed E-state index contributed by atoms with van der Waals surface area (Å²) in [5.74, 6) is -1.25. The quantitative estimate of drug-likeness (QED) is 0.495. The number of para-hydroxylation sites is 2. The number of anilines is 2. The Kier molecular flexibility index (Phi) is 6.22. The van der Waals surface area contributed by atoms with Crippen LogP contribution in [0, 0.1) is 0 Å². The first-order valence-electron chi connectivity index (χ1n) is 10.8. The molecule has 1 aliphatic rings. The van der Waals surface area contributed by atoms with Crippen LogP contribution in [0.5, 0.6) is 5.75 Å². The standard InChI is InChI=1S/C26H26N2O5/c1-4-15-32-20-9-6-5-8-19(20)28-23(17-11-13-18(14-12-17)27(2)3)22(25(30)26(28)31)24(29)21-10-7-16-33-21/h5-14,16,23,30H,4,15H2,1-3H3. The van der Waals surface area contributed by atoms with Crippen molar-refractivity contribution in [3.05, 3.63) is 89.6 Å². The van der Waals surface area contributed by atoms with Crippen molar-refractivity contribution < 1.29 is 23.8 Å². The number of carbonyl (C=O) groups is 2. The number of aliphatic hydroxyl groups excluding tert-OH is 1. The third-order valence-corrected chi connectivity index (χ3v) is 5.51. The summed E-state index contributed by atoms with van der Waals surface area (Å²) in [5.41, 5.74) is 2.09. The molecule has 1 aliphatic heterocycles. The van der Waals surface area contributed by atoms with Gasteiger partial charge in [0.05, 0.1) is 30.2 Å². The molecule has 0 fully saturated rings. The maximum atomic E-state index is 13.3. The molecular formula is C26H26N2O5. The van der Waals surface area contributed by atoms with Gasteiger partial charge < -0.3 is 19.2 Å². The van der Waals surface area contributed by atoms with Gasteiger partial charge in [0.15, 0.2) is 11.5 Å². The molecule has 3 aromatic rings.